The van der Waals surface area contributed by atoms with Crippen LogP contribution in [0.3, 0.4) is 0 Å². The molecule has 0 aromatic carbocycles. The Morgan fingerprint density at radius 2 is 1.12 bits per heavy atom. The van der Waals surface area contributed by atoms with Gasteiger partial charge >= 0.3 is 0 Å². The molecule has 0 aliphatic carbocycles. The lowest BCUT2D eigenvalue weighted by atomic mass is 10.0. The molecule has 0 N–H and O–H groups in total. The summed E-state index contributed by atoms with van der Waals surface area (Å²) in [5.74, 6) is 1.37. The quantitative estimate of drug-likeness (QED) is 0.258. The summed E-state index contributed by atoms with van der Waals surface area (Å²) in [5.41, 5.74) is 2.81. The molecule has 0 amide bonds. The minimum atomic E-state index is -0.333. The van der Waals surface area contributed by atoms with Gasteiger partial charge in [0.1, 0.15) is 0 Å². The SMILES string of the molecule is [CH2]C(OCCC(C)CCC=C(C)C)OCCC(C)CCC=C(C)C. The zero-order valence-corrected chi connectivity index (χ0v) is 17.1. The van der Waals surface area contributed by atoms with E-state index in [0.717, 1.165) is 26.1 Å². The average molecular weight is 338 g/mol. The summed E-state index contributed by atoms with van der Waals surface area (Å²) in [6, 6.07) is 0. The molecule has 0 saturated heterocycles. The zero-order chi connectivity index (χ0) is 18.4. The number of allylic oxidation sites excluding steroid dienone is 4. The van der Waals surface area contributed by atoms with E-state index >= 15 is 0 Å². The Kier molecular flexibility index (Phi) is 14.4. The van der Waals surface area contributed by atoms with E-state index < -0.39 is 0 Å². The topological polar surface area (TPSA) is 18.5 Å². The van der Waals surface area contributed by atoms with Gasteiger partial charge in [0.15, 0.2) is 6.29 Å². The molecule has 1 radical (unpaired) electrons. The molecule has 0 aromatic rings. The highest BCUT2D eigenvalue weighted by molar-refractivity contribution is 4.93. The molecule has 2 unspecified atom stereocenters. The molecule has 0 saturated carbocycles. The molecule has 0 fully saturated rings. The summed E-state index contributed by atoms with van der Waals surface area (Å²) >= 11 is 0. The van der Waals surface area contributed by atoms with Crippen LogP contribution in [0.1, 0.15) is 80.1 Å². The summed E-state index contributed by atoms with van der Waals surface area (Å²) in [4.78, 5) is 0. The molecule has 0 aromatic heterocycles. The van der Waals surface area contributed by atoms with E-state index in [9.17, 15) is 0 Å². The molecule has 0 rings (SSSR count). The van der Waals surface area contributed by atoms with E-state index in [0.29, 0.717) is 11.8 Å². The first-order valence-corrected chi connectivity index (χ1v) is 9.64. The van der Waals surface area contributed by atoms with Gasteiger partial charge in [0.25, 0.3) is 0 Å². The maximum absolute atomic E-state index is 5.68. The van der Waals surface area contributed by atoms with Crippen LogP contribution in [0.5, 0.6) is 0 Å². The van der Waals surface area contributed by atoms with E-state index in [1.807, 2.05) is 0 Å². The fraction of sp³-hybridized carbons (Fsp3) is 0.773. The van der Waals surface area contributed by atoms with Crippen LogP contribution in [0.15, 0.2) is 23.3 Å². The van der Waals surface area contributed by atoms with Gasteiger partial charge < -0.3 is 9.47 Å². The number of hydrogen-bond donors (Lipinski definition) is 0. The lowest BCUT2D eigenvalue weighted by Crippen LogP contribution is -2.17. The fourth-order valence-corrected chi connectivity index (χ4v) is 2.45. The van der Waals surface area contributed by atoms with Crippen LogP contribution in [0.25, 0.3) is 0 Å². The van der Waals surface area contributed by atoms with Gasteiger partial charge in [0.05, 0.1) is 0 Å². The standard InChI is InChI=1S/C22H41O2/c1-18(2)10-8-12-20(5)14-16-23-22(7)24-17-15-21(6)13-9-11-19(3)4/h10-11,20-22H,7-9,12-17H2,1-6H3. The molecule has 141 valence electrons. The molecule has 0 bridgehead atoms. The van der Waals surface area contributed by atoms with E-state index in [1.54, 1.807) is 0 Å². The second-order valence-corrected chi connectivity index (χ2v) is 7.68. The van der Waals surface area contributed by atoms with Crippen LogP contribution in [0.2, 0.25) is 0 Å². The van der Waals surface area contributed by atoms with Crippen molar-refractivity contribution >= 4 is 0 Å². The number of ether oxygens (including phenoxy) is 2. The minimum Gasteiger partial charge on any atom is -0.353 e. The third-order valence-corrected chi connectivity index (χ3v) is 4.25. The maximum atomic E-state index is 5.68. The number of rotatable bonds is 14. The first kappa shape index (κ1) is 23.4. The van der Waals surface area contributed by atoms with Gasteiger partial charge in [0, 0.05) is 20.1 Å². The Morgan fingerprint density at radius 1 is 0.750 bits per heavy atom. The van der Waals surface area contributed by atoms with E-state index in [-0.39, 0.29) is 6.29 Å². The predicted molar refractivity (Wildman–Crippen MR) is 106 cm³/mol. The Morgan fingerprint density at radius 3 is 1.46 bits per heavy atom. The molecule has 2 atom stereocenters. The second-order valence-electron chi connectivity index (χ2n) is 7.68. The molecule has 0 spiro atoms. The van der Waals surface area contributed by atoms with Crippen LogP contribution >= 0.6 is 0 Å². The van der Waals surface area contributed by atoms with Gasteiger partial charge in [-0.2, -0.15) is 0 Å². The van der Waals surface area contributed by atoms with Gasteiger partial charge in [-0.05, 0) is 78.1 Å². The second kappa shape index (κ2) is 14.7. The Hall–Kier alpha value is -0.600. The highest BCUT2D eigenvalue weighted by atomic mass is 16.7. The average Bonchev–Trinajstić information content (AvgIpc) is 2.46. The highest BCUT2D eigenvalue weighted by Crippen LogP contribution is 2.14. The summed E-state index contributed by atoms with van der Waals surface area (Å²) in [7, 11) is 0. The van der Waals surface area contributed by atoms with Crippen molar-refractivity contribution in [1.82, 2.24) is 0 Å². The Balaban J connectivity index is 3.60. The van der Waals surface area contributed by atoms with Crippen molar-refractivity contribution in [1.29, 1.82) is 0 Å². The summed E-state index contributed by atoms with van der Waals surface area (Å²) in [6.07, 6.45) is 11.2. The summed E-state index contributed by atoms with van der Waals surface area (Å²) in [6.45, 7) is 18.6. The third-order valence-electron chi connectivity index (χ3n) is 4.25. The van der Waals surface area contributed by atoms with Crippen molar-refractivity contribution < 1.29 is 9.47 Å². The molecular weight excluding hydrogens is 296 g/mol. The lowest BCUT2D eigenvalue weighted by molar-refractivity contribution is -0.118. The van der Waals surface area contributed by atoms with E-state index in [4.69, 9.17) is 9.47 Å². The summed E-state index contributed by atoms with van der Waals surface area (Å²) < 4.78 is 11.4. The van der Waals surface area contributed by atoms with Crippen LogP contribution in [-0.2, 0) is 9.47 Å². The molecule has 2 nitrogen and oxygen atoms in total. The predicted octanol–water partition coefficient (Wildman–Crippen LogP) is 6.72. The monoisotopic (exact) mass is 337 g/mol. The Bertz CT molecular complexity index is 315. The minimum absolute atomic E-state index is 0.333. The van der Waals surface area contributed by atoms with Crippen molar-refractivity contribution in [3.05, 3.63) is 30.2 Å². The van der Waals surface area contributed by atoms with Crippen molar-refractivity contribution in [3.63, 3.8) is 0 Å². The number of hydrogen-bond acceptors (Lipinski definition) is 2. The van der Waals surface area contributed by atoms with Gasteiger partial charge in [-0.25, -0.2) is 0 Å². The lowest BCUT2D eigenvalue weighted by Gasteiger charge is -2.17. The third kappa shape index (κ3) is 16.3. The normalized spacial score (nSPS) is 14.8. The highest BCUT2D eigenvalue weighted by Gasteiger charge is 2.07. The van der Waals surface area contributed by atoms with Crippen LogP contribution < -0.4 is 0 Å². The summed E-state index contributed by atoms with van der Waals surface area (Å²) in [5, 5.41) is 0. The first-order valence-electron chi connectivity index (χ1n) is 9.64. The van der Waals surface area contributed by atoms with E-state index in [2.05, 4.69) is 60.6 Å². The smallest absolute Gasteiger partial charge is 0.157 e. The molecule has 0 aliphatic rings. The molecule has 2 heteroatoms. The van der Waals surface area contributed by atoms with Gasteiger partial charge in [-0.3, -0.25) is 0 Å². The van der Waals surface area contributed by atoms with Crippen LogP contribution in [0.4, 0.5) is 0 Å². The first-order chi connectivity index (χ1) is 11.3. The van der Waals surface area contributed by atoms with Crippen molar-refractivity contribution in [2.45, 2.75) is 86.4 Å². The van der Waals surface area contributed by atoms with Gasteiger partial charge in [-0.1, -0.05) is 37.1 Å². The fourth-order valence-electron chi connectivity index (χ4n) is 2.45. The molecule has 0 aliphatic heterocycles. The van der Waals surface area contributed by atoms with Gasteiger partial charge in [0.2, 0.25) is 0 Å². The largest absolute Gasteiger partial charge is 0.353 e. The molecule has 0 heterocycles. The van der Waals surface area contributed by atoms with Crippen molar-refractivity contribution in [2.75, 3.05) is 13.2 Å². The zero-order valence-electron chi connectivity index (χ0n) is 17.1. The van der Waals surface area contributed by atoms with Crippen molar-refractivity contribution in [2.24, 2.45) is 11.8 Å². The van der Waals surface area contributed by atoms with E-state index in [1.165, 1.54) is 36.8 Å². The van der Waals surface area contributed by atoms with Gasteiger partial charge in [-0.15, -0.1) is 0 Å². The maximum Gasteiger partial charge on any atom is 0.157 e. The Labute approximate surface area is 151 Å². The molecular formula is C22H41O2. The van der Waals surface area contributed by atoms with Crippen LogP contribution in [0, 0.1) is 18.8 Å². The molecule has 24 heavy (non-hydrogen) atoms. The van der Waals surface area contributed by atoms with Crippen molar-refractivity contribution in [3.8, 4) is 0 Å². The van der Waals surface area contributed by atoms with Crippen LogP contribution in [-0.4, -0.2) is 19.5 Å².